The van der Waals surface area contributed by atoms with Crippen LogP contribution < -0.4 is 0 Å². The van der Waals surface area contributed by atoms with E-state index in [4.69, 9.17) is 9.78 Å². The molecule has 3 aromatic heterocycles. The van der Waals surface area contributed by atoms with Gasteiger partial charge in [0.1, 0.15) is 16.6 Å². The second-order valence-electron chi connectivity index (χ2n) is 3.86. The monoisotopic (exact) mass is 268 g/mol. The van der Waals surface area contributed by atoms with Gasteiger partial charge >= 0.3 is 0 Å². The number of thiophene rings is 1. The highest BCUT2D eigenvalue weighted by Gasteiger charge is 2.15. The predicted octanol–water partition coefficient (Wildman–Crippen LogP) is 3.04. The maximum absolute atomic E-state index is 8.98. The van der Waals surface area contributed by atoms with Gasteiger partial charge in [-0.2, -0.15) is 10.2 Å². The van der Waals surface area contributed by atoms with Gasteiger partial charge in [0.05, 0.1) is 5.56 Å². The summed E-state index contributed by atoms with van der Waals surface area (Å²) in [4.78, 5) is 9.31. The van der Waals surface area contributed by atoms with Crippen molar-refractivity contribution in [3.63, 3.8) is 0 Å². The molecule has 0 aliphatic rings. The van der Waals surface area contributed by atoms with E-state index in [0.29, 0.717) is 27.8 Å². The zero-order valence-electron chi connectivity index (χ0n) is 9.99. The quantitative estimate of drug-likeness (QED) is 0.714. The molecule has 19 heavy (non-hydrogen) atoms. The fraction of sp³-hybridized carbons (Fsp3) is 0.0769. The number of hydrogen-bond acceptors (Lipinski definition) is 6. The van der Waals surface area contributed by atoms with Crippen LogP contribution in [0.25, 0.3) is 22.3 Å². The van der Waals surface area contributed by atoms with Crippen molar-refractivity contribution in [3.05, 3.63) is 40.9 Å². The number of aryl methyl sites for hydroxylation is 1. The lowest BCUT2D eigenvalue weighted by Gasteiger charge is -1.94. The van der Waals surface area contributed by atoms with Crippen LogP contribution in [0.2, 0.25) is 0 Å². The van der Waals surface area contributed by atoms with E-state index < -0.39 is 0 Å². The van der Waals surface area contributed by atoms with Crippen molar-refractivity contribution in [2.75, 3.05) is 0 Å². The van der Waals surface area contributed by atoms with Crippen molar-refractivity contribution < 1.29 is 4.52 Å². The maximum atomic E-state index is 8.98. The normalized spacial score (nSPS) is 10.3. The molecule has 0 saturated carbocycles. The van der Waals surface area contributed by atoms with Crippen LogP contribution in [-0.2, 0) is 0 Å². The minimum absolute atomic E-state index is 0.352. The molecule has 92 valence electrons. The second-order valence-corrected chi connectivity index (χ2v) is 4.78. The van der Waals surface area contributed by atoms with E-state index in [1.54, 1.807) is 6.07 Å². The largest absolute Gasteiger partial charge is 0.333 e. The van der Waals surface area contributed by atoms with Crippen molar-refractivity contribution >= 4 is 11.3 Å². The number of nitriles is 1. The molecule has 3 aromatic rings. The molecule has 3 rings (SSSR count). The molecule has 0 aromatic carbocycles. The molecule has 3 heterocycles. The molecule has 0 unspecified atom stereocenters. The molecule has 5 nitrogen and oxygen atoms in total. The summed E-state index contributed by atoms with van der Waals surface area (Å²) in [5, 5.41) is 14.7. The van der Waals surface area contributed by atoms with Crippen LogP contribution in [0.3, 0.4) is 0 Å². The van der Waals surface area contributed by atoms with Crippen LogP contribution in [0.4, 0.5) is 0 Å². The van der Waals surface area contributed by atoms with Gasteiger partial charge in [0, 0.05) is 5.69 Å². The van der Waals surface area contributed by atoms with Crippen molar-refractivity contribution in [2.24, 2.45) is 0 Å². The highest BCUT2D eigenvalue weighted by atomic mass is 32.1. The minimum Gasteiger partial charge on any atom is -0.333 e. The molecular weight excluding hydrogens is 260 g/mol. The molecule has 0 atom stereocenters. The van der Waals surface area contributed by atoms with E-state index >= 15 is 0 Å². The summed E-state index contributed by atoms with van der Waals surface area (Å²) in [5.74, 6) is 0.779. The SMILES string of the molecule is Cc1cccc(-c2noc(-c3sccc3C#N)n2)n1. The van der Waals surface area contributed by atoms with Crippen molar-refractivity contribution in [1.29, 1.82) is 5.26 Å². The van der Waals surface area contributed by atoms with Crippen LogP contribution in [-0.4, -0.2) is 15.1 Å². The first-order chi connectivity index (χ1) is 9.28. The Balaban J connectivity index is 2.03. The Labute approximate surface area is 113 Å². The number of aromatic nitrogens is 3. The first-order valence-electron chi connectivity index (χ1n) is 5.53. The molecule has 0 aliphatic carbocycles. The average molecular weight is 268 g/mol. The lowest BCUT2D eigenvalue weighted by molar-refractivity contribution is 0.433. The molecule has 0 saturated heterocycles. The Bertz CT molecular complexity index is 769. The van der Waals surface area contributed by atoms with E-state index in [-0.39, 0.29) is 0 Å². The third kappa shape index (κ3) is 2.11. The minimum atomic E-state index is 0.352. The molecule has 0 aliphatic heterocycles. The van der Waals surface area contributed by atoms with Crippen LogP contribution in [0.5, 0.6) is 0 Å². The third-order valence-electron chi connectivity index (χ3n) is 2.52. The summed E-state index contributed by atoms with van der Waals surface area (Å²) in [7, 11) is 0. The van der Waals surface area contributed by atoms with Gasteiger partial charge in [-0.3, -0.25) is 0 Å². The highest BCUT2D eigenvalue weighted by molar-refractivity contribution is 7.13. The zero-order valence-corrected chi connectivity index (χ0v) is 10.8. The summed E-state index contributed by atoms with van der Waals surface area (Å²) >= 11 is 1.40. The smallest absolute Gasteiger partial charge is 0.269 e. The summed E-state index contributed by atoms with van der Waals surface area (Å²) < 4.78 is 5.20. The topological polar surface area (TPSA) is 75.6 Å². The number of nitrogens with zero attached hydrogens (tertiary/aromatic N) is 4. The van der Waals surface area contributed by atoms with E-state index in [9.17, 15) is 0 Å². The second kappa shape index (κ2) is 4.63. The first-order valence-corrected chi connectivity index (χ1v) is 6.41. The summed E-state index contributed by atoms with van der Waals surface area (Å²) in [6.07, 6.45) is 0. The van der Waals surface area contributed by atoms with Gasteiger partial charge in [-0.15, -0.1) is 11.3 Å². The van der Waals surface area contributed by atoms with E-state index in [2.05, 4.69) is 21.2 Å². The summed E-state index contributed by atoms with van der Waals surface area (Å²) in [6.45, 7) is 1.90. The highest BCUT2D eigenvalue weighted by Crippen LogP contribution is 2.29. The molecule has 6 heteroatoms. The van der Waals surface area contributed by atoms with Gasteiger partial charge in [-0.05, 0) is 30.5 Å². The Morgan fingerprint density at radius 3 is 2.95 bits per heavy atom. The van der Waals surface area contributed by atoms with Crippen LogP contribution in [0.1, 0.15) is 11.3 Å². The fourth-order valence-electron chi connectivity index (χ4n) is 1.65. The summed E-state index contributed by atoms with van der Waals surface area (Å²) in [6, 6.07) is 9.44. The van der Waals surface area contributed by atoms with Crippen LogP contribution in [0.15, 0.2) is 34.2 Å². The Kier molecular flexibility index (Phi) is 2.82. The molecule has 0 N–H and O–H groups in total. The molecule has 0 fully saturated rings. The van der Waals surface area contributed by atoms with E-state index in [1.807, 2.05) is 30.5 Å². The average Bonchev–Trinajstić information content (AvgIpc) is 3.07. The molecule has 0 bridgehead atoms. The predicted molar refractivity (Wildman–Crippen MR) is 70.3 cm³/mol. The lowest BCUT2D eigenvalue weighted by Crippen LogP contribution is -1.87. The fourth-order valence-corrected chi connectivity index (χ4v) is 2.41. The summed E-state index contributed by atoms with van der Waals surface area (Å²) in [5.41, 5.74) is 2.08. The number of hydrogen-bond donors (Lipinski definition) is 0. The first kappa shape index (κ1) is 11.6. The van der Waals surface area contributed by atoms with Crippen molar-refractivity contribution in [2.45, 2.75) is 6.92 Å². The van der Waals surface area contributed by atoms with Crippen LogP contribution >= 0.6 is 11.3 Å². The third-order valence-corrected chi connectivity index (χ3v) is 3.43. The number of pyridine rings is 1. The van der Waals surface area contributed by atoms with Crippen molar-refractivity contribution in [3.8, 4) is 28.4 Å². The van der Waals surface area contributed by atoms with Gasteiger partial charge in [-0.25, -0.2) is 4.98 Å². The standard InChI is InChI=1S/C13H8N4OS/c1-8-3-2-4-10(15-8)12-16-13(18-17-12)11-9(7-14)5-6-19-11/h2-6H,1H3. The van der Waals surface area contributed by atoms with Gasteiger partial charge < -0.3 is 4.52 Å². The molecular formula is C13H8N4OS. The number of rotatable bonds is 2. The van der Waals surface area contributed by atoms with E-state index in [1.165, 1.54) is 11.3 Å². The van der Waals surface area contributed by atoms with Gasteiger partial charge in [0.25, 0.3) is 5.89 Å². The molecule has 0 radical (unpaired) electrons. The van der Waals surface area contributed by atoms with Gasteiger partial charge in [-0.1, -0.05) is 11.2 Å². The van der Waals surface area contributed by atoms with Crippen molar-refractivity contribution in [1.82, 2.24) is 15.1 Å². The Hall–Kier alpha value is -2.52. The molecule has 0 amide bonds. The van der Waals surface area contributed by atoms with E-state index in [0.717, 1.165) is 5.69 Å². The zero-order chi connectivity index (χ0) is 13.2. The lowest BCUT2D eigenvalue weighted by atomic mass is 10.3. The van der Waals surface area contributed by atoms with Crippen LogP contribution in [0, 0.1) is 18.3 Å². The van der Waals surface area contributed by atoms with Gasteiger partial charge in [0.15, 0.2) is 0 Å². The Morgan fingerprint density at radius 1 is 1.26 bits per heavy atom. The molecule has 0 spiro atoms. The Morgan fingerprint density at radius 2 is 2.16 bits per heavy atom. The van der Waals surface area contributed by atoms with Gasteiger partial charge in [0.2, 0.25) is 5.82 Å². The maximum Gasteiger partial charge on any atom is 0.269 e.